The second kappa shape index (κ2) is 6.84. The van der Waals surface area contributed by atoms with Crippen molar-refractivity contribution < 1.29 is 19.1 Å². The molecule has 1 heterocycles. The highest BCUT2D eigenvalue weighted by molar-refractivity contribution is 8.16. The van der Waals surface area contributed by atoms with E-state index in [0.29, 0.717) is 16.3 Å². The Hall–Kier alpha value is -2.67. The minimum absolute atomic E-state index is 0.0219. The van der Waals surface area contributed by atoms with Crippen LogP contribution in [-0.4, -0.2) is 27.2 Å². The summed E-state index contributed by atoms with van der Waals surface area (Å²) in [6, 6.07) is 11.7. The lowest BCUT2D eigenvalue weighted by molar-refractivity contribution is -0.121. The van der Waals surface area contributed by atoms with Crippen molar-refractivity contribution in [3.8, 4) is 5.75 Å². The number of nitrogens with one attached hydrogen (secondary N) is 1. The van der Waals surface area contributed by atoms with Gasteiger partial charge in [-0.25, -0.2) is 9.38 Å². The lowest BCUT2D eigenvalue weighted by atomic mass is 10.2. The first-order valence-electron chi connectivity index (χ1n) is 7.15. The SMILES string of the molecule is O=C(C[C@H]1SC(c2ccc(O)cc2)=NC1=O)Nc1ccc(F)cc1. The average Bonchev–Trinajstić information content (AvgIpc) is 2.91. The summed E-state index contributed by atoms with van der Waals surface area (Å²) in [6.45, 7) is 0. The molecular formula is C17H13FN2O3S. The first kappa shape index (κ1) is 16.2. The van der Waals surface area contributed by atoms with Crippen molar-refractivity contribution in [2.24, 2.45) is 4.99 Å². The second-order valence-electron chi connectivity index (χ2n) is 5.17. The van der Waals surface area contributed by atoms with E-state index >= 15 is 0 Å². The molecule has 0 aromatic heterocycles. The Kier molecular flexibility index (Phi) is 4.61. The summed E-state index contributed by atoms with van der Waals surface area (Å²) in [5.74, 6) is -0.961. The molecule has 0 saturated carbocycles. The fourth-order valence-electron chi connectivity index (χ4n) is 2.16. The number of carbonyl (C=O) groups is 2. The van der Waals surface area contributed by atoms with Crippen molar-refractivity contribution in [2.45, 2.75) is 11.7 Å². The van der Waals surface area contributed by atoms with E-state index in [1.54, 1.807) is 12.1 Å². The number of phenolic OH excluding ortho intramolecular Hbond substituents is 1. The smallest absolute Gasteiger partial charge is 0.260 e. The van der Waals surface area contributed by atoms with E-state index < -0.39 is 5.25 Å². The molecule has 3 rings (SSSR count). The summed E-state index contributed by atoms with van der Waals surface area (Å²) in [4.78, 5) is 28.0. The molecule has 5 nitrogen and oxygen atoms in total. The van der Waals surface area contributed by atoms with Crippen molar-refractivity contribution >= 4 is 34.3 Å². The van der Waals surface area contributed by atoms with Crippen molar-refractivity contribution in [3.63, 3.8) is 0 Å². The fraction of sp³-hybridized carbons (Fsp3) is 0.118. The van der Waals surface area contributed by atoms with Gasteiger partial charge in [-0.2, -0.15) is 0 Å². The third-order valence-corrected chi connectivity index (χ3v) is 4.56. The van der Waals surface area contributed by atoms with E-state index in [-0.39, 0.29) is 29.8 Å². The minimum Gasteiger partial charge on any atom is -0.508 e. The molecule has 1 aliphatic rings. The van der Waals surface area contributed by atoms with Crippen LogP contribution in [0.5, 0.6) is 5.75 Å². The molecule has 7 heteroatoms. The normalized spacial score (nSPS) is 16.8. The molecule has 122 valence electrons. The van der Waals surface area contributed by atoms with Gasteiger partial charge in [0.15, 0.2) is 0 Å². The first-order chi connectivity index (χ1) is 11.5. The van der Waals surface area contributed by atoms with E-state index in [0.717, 1.165) is 0 Å². The van der Waals surface area contributed by atoms with E-state index in [9.17, 15) is 19.1 Å². The van der Waals surface area contributed by atoms with Gasteiger partial charge in [-0.15, -0.1) is 0 Å². The molecule has 0 bridgehead atoms. The average molecular weight is 344 g/mol. The number of hydrogen-bond donors (Lipinski definition) is 2. The summed E-state index contributed by atoms with van der Waals surface area (Å²) in [5, 5.41) is 11.9. The first-order valence-corrected chi connectivity index (χ1v) is 8.03. The summed E-state index contributed by atoms with van der Waals surface area (Å²) in [7, 11) is 0. The number of amides is 2. The Morgan fingerprint density at radius 2 is 1.83 bits per heavy atom. The summed E-state index contributed by atoms with van der Waals surface area (Å²) in [6.07, 6.45) is -0.0219. The zero-order valence-electron chi connectivity index (χ0n) is 12.4. The number of aromatic hydroxyl groups is 1. The number of rotatable bonds is 4. The van der Waals surface area contributed by atoms with Crippen LogP contribution in [0.2, 0.25) is 0 Å². The van der Waals surface area contributed by atoms with E-state index in [1.165, 1.54) is 48.2 Å². The predicted molar refractivity (Wildman–Crippen MR) is 90.7 cm³/mol. The third kappa shape index (κ3) is 3.80. The molecule has 0 saturated heterocycles. The number of phenols is 1. The molecule has 0 spiro atoms. The number of halogens is 1. The van der Waals surface area contributed by atoms with Gasteiger partial charge in [0, 0.05) is 17.7 Å². The zero-order valence-corrected chi connectivity index (χ0v) is 13.2. The van der Waals surface area contributed by atoms with Crippen LogP contribution in [0.1, 0.15) is 12.0 Å². The van der Waals surface area contributed by atoms with Crippen LogP contribution in [0.25, 0.3) is 0 Å². The molecular weight excluding hydrogens is 331 g/mol. The highest BCUT2D eigenvalue weighted by Gasteiger charge is 2.31. The van der Waals surface area contributed by atoms with Crippen LogP contribution in [0.15, 0.2) is 53.5 Å². The van der Waals surface area contributed by atoms with Gasteiger partial charge in [-0.1, -0.05) is 11.8 Å². The molecule has 0 fully saturated rings. The lowest BCUT2D eigenvalue weighted by Crippen LogP contribution is -2.21. The van der Waals surface area contributed by atoms with Gasteiger partial charge >= 0.3 is 0 Å². The van der Waals surface area contributed by atoms with Crippen LogP contribution in [0.4, 0.5) is 10.1 Å². The monoisotopic (exact) mass is 344 g/mol. The van der Waals surface area contributed by atoms with Gasteiger partial charge in [0.25, 0.3) is 5.91 Å². The summed E-state index contributed by atoms with van der Waals surface area (Å²) in [5.41, 5.74) is 1.18. The largest absolute Gasteiger partial charge is 0.508 e. The Morgan fingerprint density at radius 3 is 2.50 bits per heavy atom. The van der Waals surface area contributed by atoms with E-state index in [4.69, 9.17) is 0 Å². The zero-order chi connectivity index (χ0) is 17.1. The van der Waals surface area contributed by atoms with E-state index in [1.807, 2.05) is 0 Å². The van der Waals surface area contributed by atoms with Gasteiger partial charge in [0.05, 0.1) is 0 Å². The maximum Gasteiger partial charge on any atom is 0.260 e. The predicted octanol–water partition coefficient (Wildman–Crippen LogP) is 2.95. The third-order valence-electron chi connectivity index (χ3n) is 3.35. The number of nitrogens with zero attached hydrogens (tertiary/aromatic N) is 1. The van der Waals surface area contributed by atoms with Gasteiger partial charge in [0.2, 0.25) is 5.91 Å². The highest BCUT2D eigenvalue weighted by atomic mass is 32.2. The Balaban J connectivity index is 1.60. The van der Waals surface area contributed by atoms with Gasteiger partial charge in [-0.3, -0.25) is 9.59 Å². The molecule has 2 N–H and O–H groups in total. The molecule has 0 aliphatic carbocycles. The van der Waals surface area contributed by atoms with Crippen molar-refractivity contribution in [1.29, 1.82) is 0 Å². The van der Waals surface area contributed by atoms with Crippen LogP contribution in [-0.2, 0) is 9.59 Å². The molecule has 0 radical (unpaired) electrons. The molecule has 1 aliphatic heterocycles. The van der Waals surface area contributed by atoms with Crippen molar-refractivity contribution in [1.82, 2.24) is 0 Å². The standard InChI is InChI=1S/C17H13FN2O3S/c18-11-3-5-12(6-4-11)19-15(22)9-14-16(23)20-17(24-14)10-1-7-13(21)8-2-10/h1-8,14,21H,9H2,(H,19,22)/t14-/m1/s1. The van der Waals surface area contributed by atoms with Crippen LogP contribution >= 0.6 is 11.8 Å². The Labute approximate surface area is 141 Å². The summed E-state index contributed by atoms with van der Waals surface area (Å²) >= 11 is 1.22. The number of hydrogen-bond acceptors (Lipinski definition) is 4. The number of benzene rings is 2. The van der Waals surface area contributed by atoms with Crippen LogP contribution < -0.4 is 5.32 Å². The maximum absolute atomic E-state index is 12.8. The Bertz CT molecular complexity index is 804. The lowest BCUT2D eigenvalue weighted by Gasteiger charge is -2.08. The van der Waals surface area contributed by atoms with Crippen LogP contribution in [0.3, 0.4) is 0 Å². The quantitative estimate of drug-likeness (QED) is 0.894. The van der Waals surface area contributed by atoms with Gasteiger partial charge in [-0.05, 0) is 48.5 Å². The maximum atomic E-state index is 12.8. The Morgan fingerprint density at radius 1 is 1.17 bits per heavy atom. The van der Waals surface area contributed by atoms with Crippen molar-refractivity contribution in [2.75, 3.05) is 5.32 Å². The number of thioether (sulfide) groups is 1. The van der Waals surface area contributed by atoms with E-state index in [2.05, 4.69) is 10.3 Å². The molecule has 0 unspecified atom stereocenters. The van der Waals surface area contributed by atoms with Crippen molar-refractivity contribution in [3.05, 3.63) is 59.9 Å². The summed E-state index contributed by atoms with van der Waals surface area (Å²) < 4.78 is 12.8. The van der Waals surface area contributed by atoms with Gasteiger partial charge < -0.3 is 10.4 Å². The number of carbonyl (C=O) groups excluding carboxylic acids is 2. The number of anilines is 1. The molecule has 2 aromatic carbocycles. The minimum atomic E-state index is -0.589. The molecule has 1 atom stereocenters. The van der Waals surface area contributed by atoms with Gasteiger partial charge in [0.1, 0.15) is 21.9 Å². The highest BCUT2D eigenvalue weighted by Crippen LogP contribution is 2.29. The van der Waals surface area contributed by atoms with Crippen LogP contribution in [0, 0.1) is 5.82 Å². The second-order valence-corrected chi connectivity index (χ2v) is 6.36. The molecule has 2 aromatic rings. The topological polar surface area (TPSA) is 78.8 Å². The number of aliphatic imine (C=N–C) groups is 1. The molecule has 2 amide bonds. The molecule has 24 heavy (non-hydrogen) atoms. The fourth-order valence-corrected chi connectivity index (χ4v) is 3.24.